The Bertz CT molecular complexity index is 112. The van der Waals surface area contributed by atoms with Crippen LogP contribution in [0.1, 0.15) is 58.3 Å². The second-order valence-electron chi connectivity index (χ2n) is 4.18. The summed E-state index contributed by atoms with van der Waals surface area (Å²) in [6, 6.07) is 0. The largest absolute Gasteiger partial charge is 0.393 e. The summed E-state index contributed by atoms with van der Waals surface area (Å²) in [7, 11) is 0. The predicted octanol–water partition coefficient (Wildman–Crippen LogP) is 3.12. The summed E-state index contributed by atoms with van der Waals surface area (Å²) in [5.74, 6) is 0.834. The van der Waals surface area contributed by atoms with Crippen molar-refractivity contribution in [2.75, 3.05) is 0 Å². The first-order chi connectivity index (χ1) is 5.83. The molecule has 1 nitrogen and oxygen atoms in total. The molecule has 1 N–H and O–H groups in total. The third-order valence-electron chi connectivity index (χ3n) is 2.97. The molecule has 12 heavy (non-hydrogen) atoms. The lowest BCUT2D eigenvalue weighted by atomic mass is 9.84. The average molecular weight is 170 g/mol. The molecule has 0 saturated heterocycles. The third kappa shape index (κ3) is 3.57. The number of hydrogen-bond donors (Lipinski definition) is 1. The molecule has 0 aromatic rings. The summed E-state index contributed by atoms with van der Waals surface area (Å²) in [6.07, 6.45) is 10.2. The van der Waals surface area contributed by atoms with Crippen LogP contribution < -0.4 is 0 Å². The van der Waals surface area contributed by atoms with Crippen LogP contribution in [0.2, 0.25) is 0 Å². The highest BCUT2D eigenvalue weighted by molar-refractivity contribution is 4.71. The lowest BCUT2D eigenvalue weighted by Gasteiger charge is -2.25. The van der Waals surface area contributed by atoms with Crippen molar-refractivity contribution < 1.29 is 5.11 Å². The van der Waals surface area contributed by atoms with Gasteiger partial charge in [-0.15, -0.1) is 0 Å². The van der Waals surface area contributed by atoms with Crippen molar-refractivity contribution in [2.24, 2.45) is 5.92 Å². The predicted molar refractivity (Wildman–Crippen MR) is 52.1 cm³/mol. The fourth-order valence-electron chi connectivity index (χ4n) is 2.21. The minimum Gasteiger partial charge on any atom is -0.393 e. The smallest absolute Gasteiger partial charge is 0.0542 e. The first-order valence-electron chi connectivity index (χ1n) is 5.51. The number of rotatable bonds is 4. The third-order valence-corrected chi connectivity index (χ3v) is 2.97. The van der Waals surface area contributed by atoms with E-state index in [1.54, 1.807) is 0 Å². The van der Waals surface area contributed by atoms with E-state index in [9.17, 15) is 5.11 Å². The molecule has 72 valence electrons. The van der Waals surface area contributed by atoms with Gasteiger partial charge < -0.3 is 5.11 Å². The summed E-state index contributed by atoms with van der Waals surface area (Å²) in [4.78, 5) is 0. The highest BCUT2D eigenvalue weighted by Crippen LogP contribution is 2.28. The molecule has 2 atom stereocenters. The molecule has 0 radical (unpaired) electrons. The molecule has 1 fully saturated rings. The second kappa shape index (κ2) is 5.58. The fourth-order valence-corrected chi connectivity index (χ4v) is 2.21. The molecule has 1 rings (SSSR count). The van der Waals surface area contributed by atoms with Gasteiger partial charge in [0.05, 0.1) is 6.10 Å². The Balaban J connectivity index is 2.06. The molecule has 0 amide bonds. The molecular weight excluding hydrogens is 148 g/mol. The lowest BCUT2D eigenvalue weighted by Crippen LogP contribution is -2.19. The topological polar surface area (TPSA) is 20.2 Å². The summed E-state index contributed by atoms with van der Waals surface area (Å²) in [5.41, 5.74) is 0. The van der Waals surface area contributed by atoms with Gasteiger partial charge in [0, 0.05) is 0 Å². The van der Waals surface area contributed by atoms with Crippen LogP contribution in [0.3, 0.4) is 0 Å². The zero-order valence-corrected chi connectivity index (χ0v) is 8.26. The zero-order chi connectivity index (χ0) is 8.81. The quantitative estimate of drug-likeness (QED) is 0.643. The summed E-state index contributed by atoms with van der Waals surface area (Å²) in [6.45, 7) is 2.25. The van der Waals surface area contributed by atoms with Crippen molar-refractivity contribution in [3.63, 3.8) is 0 Å². The summed E-state index contributed by atoms with van der Waals surface area (Å²) < 4.78 is 0. The second-order valence-corrected chi connectivity index (χ2v) is 4.18. The van der Waals surface area contributed by atoms with Crippen LogP contribution in [0.15, 0.2) is 0 Å². The van der Waals surface area contributed by atoms with E-state index in [0.717, 1.165) is 18.8 Å². The van der Waals surface area contributed by atoms with E-state index < -0.39 is 0 Å². The first kappa shape index (κ1) is 10.0. The van der Waals surface area contributed by atoms with Crippen LogP contribution in [0.4, 0.5) is 0 Å². The Hall–Kier alpha value is -0.0400. The number of hydrogen-bond acceptors (Lipinski definition) is 1. The molecule has 0 aromatic heterocycles. The maximum absolute atomic E-state index is 9.44. The van der Waals surface area contributed by atoms with Gasteiger partial charge in [0.15, 0.2) is 0 Å². The van der Waals surface area contributed by atoms with Gasteiger partial charge in [-0.05, 0) is 18.8 Å². The van der Waals surface area contributed by atoms with Gasteiger partial charge >= 0.3 is 0 Å². The maximum Gasteiger partial charge on any atom is 0.0542 e. The highest BCUT2D eigenvalue weighted by atomic mass is 16.3. The molecule has 0 bridgehead atoms. The van der Waals surface area contributed by atoms with Crippen molar-refractivity contribution >= 4 is 0 Å². The first-order valence-corrected chi connectivity index (χ1v) is 5.51. The highest BCUT2D eigenvalue weighted by Gasteiger charge is 2.19. The van der Waals surface area contributed by atoms with Crippen LogP contribution in [0.25, 0.3) is 0 Å². The van der Waals surface area contributed by atoms with Crippen LogP contribution in [0.5, 0.6) is 0 Å². The van der Waals surface area contributed by atoms with Crippen molar-refractivity contribution in [1.82, 2.24) is 0 Å². The van der Waals surface area contributed by atoms with Crippen LogP contribution in [-0.4, -0.2) is 11.2 Å². The van der Waals surface area contributed by atoms with E-state index in [0.29, 0.717) is 0 Å². The Morgan fingerprint density at radius 3 is 2.75 bits per heavy atom. The Labute approximate surface area is 76.2 Å². The van der Waals surface area contributed by atoms with Crippen molar-refractivity contribution in [3.05, 3.63) is 0 Å². The monoisotopic (exact) mass is 170 g/mol. The number of unbranched alkanes of at least 4 members (excludes halogenated alkanes) is 2. The van der Waals surface area contributed by atoms with Crippen molar-refractivity contribution in [2.45, 2.75) is 64.4 Å². The lowest BCUT2D eigenvalue weighted by molar-refractivity contribution is 0.0974. The minimum atomic E-state index is 0.0189. The molecule has 0 heterocycles. The maximum atomic E-state index is 9.44. The van der Waals surface area contributed by atoms with E-state index >= 15 is 0 Å². The normalized spacial score (nSPS) is 30.5. The molecule has 0 aliphatic heterocycles. The molecule has 2 unspecified atom stereocenters. The van der Waals surface area contributed by atoms with Gasteiger partial charge in [0.2, 0.25) is 0 Å². The standard InChI is InChI=1S/C11H22O/c1-2-3-4-6-10-7-5-8-11(12)9-10/h10-12H,2-9H2,1H3. The zero-order valence-electron chi connectivity index (χ0n) is 8.26. The van der Waals surface area contributed by atoms with Gasteiger partial charge in [-0.1, -0.05) is 45.4 Å². The van der Waals surface area contributed by atoms with Crippen molar-refractivity contribution in [3.8, 4) is 0 Å². The molecule has 0 aromatic carbocycles. The Morgan fingerprint density at radius 1 is 1.25 bits per heavy atom. The molecule has 1 heteroatoms. The van der Waals surface area contributed by atoms with Gasteiger partial charge in [0.1, 0.15) is 0 Å². The average Bonchev–Trinajstić information content (AvgIpc) is 2.05. The molecule has 1 saturated carbocycles. The van der Waals surface area contributed by atoms with Crippen LogP contribution in [-0.2, 0) is 0 Å². The summed E-state index contributed by atoms with van der Waals surface area (Å²) in [5, 5.41) is 9.44. The van der Waals surface area contributed by atoms with Gasteiger partial charge in [-0.25, -0.2) is 0 Å². The van der Waals surface area contributed by atoms with Gasteiger partial charge in [0.25, 0.3) is 0 Å². The van der Waals surface area contributed by atoms with E-state index in [1.165, 1.54) is 38.5 Å². The number of aliphatic hydroxyl groups is 1. The fraction of sp³-hybridized carbons (Fsp3) is 1.00. The van der Waals surface area contributed by atoms with Crippen LogP contribution in [0, 0.1) is 5.92 Å². The summed E-state index contributed by atoms with van der Waals surface area (Å²) >= 11 is 0. The van der Waals surface area contributed by atoms with E-state index in [1.807, 2.05) is 0 Å². The minimum absolute atomic E-state index is 0.0189. The van der Waals surface area contributed by atoms with Gasteiger partial charge in [-0.3, -0.25) is 0 Å². The van der Waals surface area contributed by atoms with Crippen molar-refractivity contribution in [1.29, 1.82) is 0 Å². The molecule has 1 aliphatic rings. The van der Waals surface area contributed by atoms with E-state index in [2.05, 4.69) is 6.92 Å². The number of aliphatic hydroxyl groups excluding tert-OH is 1. The Morgan fingerprint density at radius 2 is 2.08 bits per heavy atom. The van der Waals surface area contributed by atoms with E-state index in [4.69, 9.17) is 0 Å². The van der Waals surface area contributed by atoms with Crippen LogP contribution >= 0.6 is 0 Å². The SMILES string of the molecule is CCCCCC1CCCC(O)C1. The van der Waals surface area contributed by atoms with Gasteiger partial charge in [-0.2, -0.15) is 0 Å². The molecule has 1 aliphatic carbocycles. The Kier molecular flexibility index (Phi) is 4.67. The molecule has 0 spiro atoms. The molecular formula is C11H22O. The van der Waals surface area contributed by atoms with E-state index in [-0.39, 0.29) is 6.10 Å².